The van der Waals surface area contributed by atoms with Gasteiger partial charge in [0.2, 0.25) is 0 Å². The Hall–Kier alpha value is -4.54. The Labute approximate surface area is 195 Å². The number of hydrogen-bond donors (Lipinski definition) is 1. The van der Waals surface area contributed by atoms with E-state index in [1.54, 1.807) is 62.6 Å². The molecule has 0 radical (unpaired) electrons. The molecule has 0 aliphatic rings. The number of benzene rings is 2. The van der Waals surface area contributed by atoms with E-state index < -0.39 is 16.8 Å². The van der Waals surface area contributed by atoms with Crippen molar-refractivity contribution in [3.63, 3.8) is 0 Å². The van der Waals surface area contributed by atoms with Gasteiger partial charge in [0, 0.05) is 0 Å². The van der Waals surface area contributed by atoms with Crippen LogP contribution >= 0.6 is 0 Å². The zero-order valence-corrected chi connectivity index (χ0v) is 19.1. The number of nitrogens with one attached hydrogen (secondary N) is 1. The largest absolute Gasteiger partial charge is 0.497 e. The quantitative estimate of drug-likeness (QED) is 0.177. The molecule has 0 fully saturated rings. The number of carbonyl (C=O) groups is 2. The fraction of sp³-hybridized carbons (Fsp3) is 0.217. The summed E-state index contributed by atoms with van der Waals surface area (Å²) in [6, 6.07) is 13.2. The van der Waals surface area contributed by atoms with Crippen molar-refractivity contribution in [2.45, 2.75) is 27.3 Å². The highest BCUT2D eigenvalue weighted by Crippen LogP contribution is 2.21. The van der Waals surface area contributed by atoms with E-state index >= 15 is 0 Å². The molecule has 0 atom stereocenters. The van der Waals surface area contributed by atoms with Gasteiger partial charge in [0.05, 0.1) is 23.3 Å². The summed E-state index contributed by atoms with van der Waals surface area (Å²) in [4.78, 5) is 35.1. The van der Waals surface area contributed by atoms with E-state index in [1.165, 1.54) is 18.5 Å². The third-order valence-electron chi connectivity index (χ3n) is 4.98. The molecule has 0 aliphatic heterocycles. The van der Waals surface area contributed by atoms with Crippen LogP contribution in [0.4, 0.5) is 5.69 Å². The van der Waals surface area contributed by atoms with Gasteiger partial charge in [-0.15, -0.1) is 0 Å². The van der Waals surface area contributed by atoms with E-state index in [0.717, 1.165) is 0 Å². The fourth-order valence-corrected chi connectivity index (χ4v) is 3.15. The molecule has 2 aromatic carbocycles. The van der Waals surface area contributed by atoms with Crippen LogP contribution < -0.4 is 14.9 Å². The second-order valence-corrected chi connectivity index (χ2v) is 7.31. The molecule has 1 heterocycles. The number of nitrogens with zero attached hydrogens (tertiary/aromatic N) is 4. The van der Waals surface area contributed by atoms with Crippen LogP contribution in [0, 0.1) is 24.0 Å². The smallest absolute Gasteiger partial charge is 0.343 e. The lowest BCUT2D eigenvalue weighted by molar-refractivity contribution is -0.386. The number of ether oxygens (including phenoxy) is 2. The molecule has 1 amide bonds. The van der Waals surface area contributed by atoms with Crippen molar-refractivity contribution in [2.75, 3.05) is 7.11 Å². The molecule has 0 unspecified atom stereocenters. The number of hydrazone groups is 1. The summed E-state index contributed by atoms with van der Waals surface area (Å²) >= 11 is 0. The fourth-order valence-electron chi connectivity index (χ4n) is 3.15. The number of hydrogen-bond acceptors (Lipinski definition) is 8. The van der Waals surface area contributed by atoms with Gasteiger partial charge >= 0.3 is 11.7 Å². The van der Waals surface area contributed by atoms with Crippen molar-refractivity contribution in [3.05, 3.63) is 81.2 Å². The standard InChI is InChI=1S/C23H23N5O6/c1-14(24-25-21(29)13-27-16(3)22(28(31)32)15(2)26-27)17-5-11-20(12-6-17)34-23(30)18-7-9-19(33-4)10-8-18/h5-12H,13H2,1-4H3,(H,25,29)/b24-14+. The Morgan fingerprint density at radius 3 is 2.21 bits per heavy atom. The number of methoxy groups -OCH3 is 1. The molecule has 3 aromatic rings. The number of nitro groups is 1. The highest BCUT2D eigenvalue weighted by molar-refractivity contribution is 5.99. The summed E-state index contributed by atoms with van der Waals surface area (Å²) in [5.41, 5.74) is 4.43. The molecule has 0 bridgehead atoms. The van der Waals surface area contributed by atoms with Crippen LogP contribution in [0.15, 0.2) is 53.6 Å². The van der Waals surface area contributed by atoms with Crippen LogP contribution in [-0.2, 0) is 11.3 Å². The summed E-state index contributed by atoms with van der Waals surface area (Å²) in [6.45, 7) is 4.53. The van der Waals surface area contributed by atoms with Gasteiger partial charge in [0.25, 0.3) is 5.91 Å². The Bertz CT molecular complexity index is 1250. The van der Waals surface area contributed by atoms with Gasteiger partial charge in [0.1, 0.15) is 29.4 Å². The van der Waals surface area contributed by atoms with Gasteiger partial charge in [-0.25, -0.2) is 10.2 Å². The maximum Gasteiger partial charge on any atom is 0.343 e. The Morgan fingerprint density at radius 1 is 1.06 bits per heavy atom. The zero-order valence-electron chi connectivity index (χ0n) is 19.1. The molecule has 176 valence electrons. The van der Waals surface area contributed by atoms with Crippen LogP contribution in [0.3, 0.4) is 0 Å². The first kappa shape index (κ1) is 24.1. The van der Waals surface area contributed by atoms with Gasteiger partial charge in [-0.1, -0.05) is 0 Å². The van der Waals surface area contributed by atoms with Crippen molar-refractivity contribution >= 4 is 23.3 Å². The molecule has 0 saturated carbocycles. The number of aryl methyl sites for hydroxylation is 1. The Morgan fingerprint density at radius 2 is 1.65 bits per heavy atom. The van der Waals surface area contributed by atoms with Crippen LogP contribution in [0.1, 0.15) is 34.2 Å². The van der Waals surface area contributed by atoms with E-state index in [4.69, 9.17) is 9.47 Å². The maximum atomic E-state index is 12.3. The molecule has 3 rings (SSSR count). The molecule has 34 heavy (non-hydrogen) atoms. The Kier molecular flexibility index (Phi) is 7.36. The van der Waals surface area contributed by atoms with E-state index in [9.17, 15) is 19.7 Å². The van der Waals surface area contributed by atoms with Crippen LogP contribution in [0.2, 0.25) is 0 Å². The summed E-state index contributed by atoms with van der Waals surface area (Å²) in [5.74, 6) is 0.00815. The first-order chi connectivity index (χ1) is 16.2. The number of amides is 1. The second kappa shape index (κ2) is 10.4. The predicted octanol–water partition coefficient (Wildman–Crippen LogP) is 3.18. The van der Waals surface area contributed by atoms with Gasteiger partial charge in [0.15, 0.2) is 0 Å². The number of aromatic nitrogens is 2. The molecule has 0 saturated heterocycles. The number of carbonyl (C=O) groups excluding carboxylic acids is 2. The third kappa shape index (κ3) is 5.63. The zero-order chi connectivity index (χ0) is 24.8. The minimum absolute atomic E-state index is 0.111. The average Bonchev–Trinajstić information content (AvgIpc) is 3.10. The molecule has 0 aliphatic carbocycles. The molecule has 1 N–H and O–H groups in total. The second-order valence-electron chi connectivity index (χ2n) is 7.31. The highest BCUT2D eigenvalue weighted by Gasteiger charge is 2.22. The molecule has 1 aromatic heterocycles. The van der Waals surface area contributed by atoms with E-state index in [-0.39, 0.29) is 23.6 Å². The SMILES string of the molecule is COc1ccc(C(=O)Oc2ccc(/C(C)=N/NC(=O)Cn3nc(C)c([N+](=O)[O-])c3C)cc2)cc1. The van der Waals surface area contributed by atoms with Crippen molar-refractivity contribution in [1.82, 2.24) is 15.2 Å². The van der Waals surface area contributed by atoms with Crippen molar-refractivity contribution in [1.29, 1.82) is 0 Å². The maximum absolute atomic E-state index is 12.3. The van der Waals surface area contributed by atoms with Crippen molar-refractivity contribution in [2.24, 2.45) is 5.10 Å². The van der Waals surface area contributed by atoms with E-state index in [1.807, 2.05) is 0 Å². The van der Waals surface area contributed by atoms with Gasteiger partial charge < -0.3 is 9.47 Å². The lowest BCUT2D eigenvalue weighted by atomic mass is 10.1. The van der Waals surface area contributed by atoms with Crippen LogP contribution in [-0.4, -0.2) is 39.4 Å². The molecular weight excluding hydrogens is 442 g/mol. The summed E-state index contributed by atoms with van der Waals surface area (Å²) in [7, 11) is 1.54. The van der Waals surface area contributed by atoms with Crippen molar-refractivity contribution in [3.8, 4) is 11.5 Å². The normalized spacial score (nSPS) is 11.1. The average molecular weight is 465 g/mol. The van der Waals surface area contributed by atoms with Crippen molar-refractivity contribution < 1.29 is 24.0 Å². The molecule has 11 nitrogen and oxygen atoms in total. The van der Waals surface area contributed by atoms with Gasteiger partial charge in [-0.2, -0.15) is 10.2 Å². The molecule has 0 spiro atoms. The highest BCUT2D eigenvalue weighted by atomic mass is 16.6. The van der Waals surface area contributed by atoms with Crippen LogP contribution in [0.25, 0.3) is 0 Å². The third-order valence-corrected chi connectivity index (χ3v) is 4.98. The minimum Gasteiger partial charge on any atom is -0.497 e. The molecule has 11 heteroatoms. The number of rotatable bonds is 8. The monoisotopic (exact) mass is 465 g/mol. The lowest BCUT2D eigenvalue weighted by Crippen LogP contribution is -2.25. The first-order valence-electron chi connectivity index (χ1n) is 10.2. The minimum atomic E-state index is -0.522. The first-order valence-corrected chi connectivity index (χ1v) is 10.2. The van der Waals surface area contributed by atoms with Crippen LogP contribution in [0.5, 0.6) is 11.5 Å². The number of esters is 1. The lowest BCUT2D eigenvalue weighted by Gasteiger charge is -2.07. The Balaban J connectivity index is 1.59. The predicted molar refractivity (Wildman–Crippen MR) is 123 cm³/mol. The van der Waals surface area contributed by atoms with Gasteiger partial charge in [-0.3, -0.25) is 19.6 Å². The summed E-state index contributed by atoms with van der Waals surface area (Å²) in [6.07, 6.45) is 0. The summed E-state index contributed by atoms with van der Waals surface area (Å²) < 4.78 is 11.7. The summed E-state index contributed by atoms with van der Waals surface area (Å²) in [5, 5.41) is 19.2. The van der Waals surface area contributed by atoms with Gasteiger partial charge in [-0.05, 0) is 74.9 Å². The van der Waals surface area contributed by atoms with E-state index in [2.05, 4.69) is 15.6 Å². The molecular formula is C23H23N5O6. The van der Waals surface area contributed by atoms with E-state index in [0.29, 0.717) is 28.3 Å². The topological polar surface area (TPSA) is 138 Å².